The molecular weight excluding hydrogens is 531 g/mol. The third-order valence-electron chi connectivity index (χ3n) is 6.81. The quantitative estimate of drug-likeness (QED) is 0.288. The average Bonchev–Trinajstić information content (AvgIpc) is 3.32. The normalized spacial score (nSPS) is 15.3. The number of anilines is 1. The van der Waals surface area contributed by atoms with Crippen LogP contribution in [0.4, 0.5) is 18.9 Å². The molecular formula is C27H26F3N5O3S. The molecule has 0 aliphatic carbocycles. The standard InChI is InChI=1S/C27H26F3N5O3S/c1-17-14-18(21-4-2-3-5-22(21)31-17)16-38-20-8-6-19(7-9-20)35(24(36)27(28,29)30)26(10-12-37-13-11-26)15-23-32-25(39)34-33-23/h2-9,14H,10-13,15-16H2,1H3,(H2,32,33,34,39). The zero-order valence-electron chi connectivity index (χ0n) is 21.0. The van der Waals surface area contributed by atoms with Crippen LogP contribution >= 0.6 is 12.2 Å². The molecule has 1 aliphatic heterocycles. The molecule has 3 heterocycles. The summed E-state index contributed by atoms with van der Waals surface area (Å²) in [6, 6.07) is 15.7. The van der Waals surface area contributed by atoms with Crippen molar-refractivity contribution < 1.29 is 27.4 Å². The second kappa shape index (κ2) is 10.8. The zero-order valence-corrected chi connectivity index (χ0v) is 21.9. The van der Waals surface area contributed by atoms with Crippen molar-refractivity contribution in [1.82, 2.24) is 20.2 Å². The van der Waals surface area contributed by atoms with Crippen molar-refractivity contribution in [3.63, 3.8) is 0 Å². The molecule has 1 saturated heterocycles. The summed E-state index contributed by atoms with van der Waals surface area (Å²) in [5.41, 5.74) is 1.52. The number of halogens is 3. The summed E-state index contributed by atoms with van der Waals surface area (Å²) in [5.74, 6) is -1.14. The highest BCUT2D eigenvalue weighted by molar-refractivity contribution is 7.71. The first kappa shape index (κ1) is 26.8. The first-order valence-electron chi connectivity index (χ1n) is 12.4. The topological polar surface area (TPSA) is 96.1 Å². The monoisotopic (exact) mass is 557 g/mol. The summed E-state index contributed by atoms with van der Waals surface area (Å²) < 4.78 is 53.4. The summed E-state index contributed by atoms with van der Waals surface area (Å²) >= 11 is 5.04. The van der Waals surface area contributed by atoms with Crippen LogP contribution < -0.4 is 9.64 Å². The molecule has 5 rings (SSSR count). The van der Waals surface area contributed by atoms with E-state index in [2.05, 4.69) is 20.2 Å². The predicted molar refractivity (Wildman–Crippen MR) is 141 cm³/mol. The molecule has 2 N–H and O–H groups in total. The minimum absolute atomic E-state index is 0.0397. The molecule has 0 unspecified atom stereocenters. The van der Waals surface area contributed by atoms with Crippen LogP contribution in [0.25, 0.3) is 10.9 Å². The molecule has 0 atom stereocenters. The number of para-hydroxylation sites is 1. The number of benzene rings is 2. The second-order valence-corrected chi connectivity index (χ2v) is 9.91. The van der Waals surface area contributed by atoms with Crippen LogP contribution in [-0.4, -0.2) is 51.0 Å². The smallest absolute Gasteiger partial charge is 0.471 e. The Morgan fingerprint density at radius 2 is 1.87 bits per heavy atom. The van der Waals surface area contributed by atoms with Crippen LogP contribution in [0.2, 0.25) is 0 Å². The number of fused-ring (bicyclic) bond motifs is 1. The second-order valence-electron chi connectivity index (χ2n) is 9.50. The van der Waals surface area contributed by atoms with E-state index in [1.165, 1.54) is 12.1 Å². The van der Waals surface area contributed by atoms with Crippen LogP contribution in [0, 0.1) is 11.7 Å². The Bertz CT molecular complexity index is 1530. The minimum Gasteiger partial charge on any atom is -0.489 e. The summed E-state index contributed by atoms with van der Waals surface area (Å²) in [7, 11) is 0. The lowest BCUT2D eigenvalue weighted by atomic mass is 9.83. The van der Waals surface area contributed by atoms with Gasteiger partial charge in [0.2, 0.25) is 0 Å². The van der Waals surface area contributed by atoms with Crippen LogP contribution in [0.15, 0.2) is 54.6 Å². The van der Waals surface area contributed by atoms with Crippen molar-refractivity contribution in [2.24, 2.45) is 0 Å². The van der Waals surface area contributed by atoms with Crippen LogP contribution in [0.1, 0.15) is 29.9 Å². The van der Waals surface area contributed by atoms with Crippen molar-refractivity contribution >= 4 is 34.7 Å². The molecule has 0 saturated carbocycles. The number of alkyl halides is 3. The largest absolute Gasteiger partial charge is 0.489 e. The first-order chi connectivity index (χ1) is 18.6. The maximum atomic E-state index is 13.9. The average molecular weight is 558 g/mol. The Hall–Kier alpha value is -3.77. The van der Waals surface area contributed by atoms with E-state index in [1.54, 1.807) is 12.1 Å². The van der Waals surface area contributed by atoms with Gasteiger partial charge < -0.3 is 14.5 Å². The molecule has 1 fully saturated rings. The lowest BCUT2D eigenvalue weighted by Gasteiger charge is -2.46. The van der Waals surface area contributed by atoms with Gasteiger partial charge in [-0.25, -0.2) is 0 Å². The summed E-state index contributed by atoms with van der Waals surface area (Å²) in [4.78, 5) is 21.1. The van der Waals surface area contributed by atoms with Gasteiger partial charge in [0, 0.05) is 42.0 Å². The van der Waals surface area contributed by atoms with Crippen molar-refractivity contribution in [2.75, 3.05) is 18.1 Å². The Kier molecular flexibility index (Phi) is 7.41. The van der Waals surface area contributed by atoms with Crippen molar-refractivity contribution in [2.45, 2.75) is 44.5 Å². The van der Waals surface area contributed by atoms with E-state index < -0.39 is 17.6 Å². The number of aryl methyl sites for hydroxylation is 1. The molecule has 2 aromatic carbocycles. The van der Waals surface area contributed by atoms with Gasteiger partial charge in [-0.3, -0.25) is 19.8 Å². The van der Waals surface area contributed by atoms with Gasteiger partial charge in [-0.2, -0.15) is 18.3 Å². The van der Waals surface area contributed by atoms with E-state index in [0.717, 1.165) is 27.1 Å². The van der Waals surface area contributed by atoms with E-state index in [-0.39, 0.29) is 49.5 Å². The number of hydrogen-bond donors (Lipinski definition) is 2. The number of aromatic nitrogens is 4. The molecule has 204 valence electrons. The highest BCUT2D eigenvalue weighted by atomic mass is 32.1. The highest BCUT2D eigenvalue weighted by Crippen LogP contribution is 2.39. The Balaban J connectivity index is 1.45. The number of aromatic amines is 2. The number of rotatable bonds is 7. The number of H-pyrrole nitrogens is 2. The molecule has 39 heavy (non-hydrogen) atoms. The maximum Gasteiger partial charge on any atom is 0.471 e. The predicted octanol–water partition coefficient (Wildman–Crippen LogP) is 5.59. The number of nitrogens with zero attached hydrogens (tertiary/aromatic N) is 3. The zero-order chi connectivity index (χ0) is 27.6. The Morgan fingerprint density at radius 3 is 2.54 bits per heavy atom. The number of nitrogens with one attached hydrogen (secondary N) is 2. The lowest BCUT2D eigenvalue weighted by Crippen LogP contribution is -2.60. The van der Waals surface area contributed by atoms with Crippen molar-refractivity contribution in [3.8, 4) is 5.75 Å². The van der Waals surface area contributed by atoms with E-state index in [1.807, 2.05) is 37.3 Å². The van der Waals surface area contributed by atoms with Gasteiger partial charge in [-0.15, -0.1) is 0 Å². The molecule has 0 spiro atoms. The Labute approximate surface area is 227 Å². The fourth-order valence-electron chi connectivity index (χ4n) is 5.03. The first-order valence-corrected chi connectivity index (χ1v) is 12.8. The van der Waals surface area contributed by atoms with E-state index in [4.69, 9.17) is 21.7 Å². The van der Waals surface area contributed by atoms with Gasteiger partial charge in [0.1, 0.15) is 18.2 Å². The van der Waals surface area contributed by atoms with Crippen molar-refractivity contribution in [1.29, 1.82) is 0 Å². The van der Waals surface area contributed by atoms with Gasteiger partial charge in [-0.1, -0.05) is 18.2 Å². The van der Waals surface area contributed by atoms with Gasteiger partial charge in [-0.05, 0) is 68.4 Å². The van der Waals surface area contributed by atoms with Crippen LogP contribution in [0.3, 0.4) is 0 Å². The van der Waals surface area contributed by atoms with E-state index in [0.29, 0.717) is 11.6 Å². The number of amides is 1. The molecule has 0 radical (unpaired) electrons. The lowest BCUT2D eigenvalue weighted by molar-refractivity contribution is -0.172. The maximum absolute atomic E-state index is 13.9. The third kappa shape index (κ3) is 5.81. The summed E-state index contributed by atoms with van der Waals surface area (Å²) in [5, 5.41) is 7.63. The number of ether oxygens (including phenoxy) is 2. The number of carbonyl (C=O) groups excluding carboxylic acids is 1. The molecule has 0 bridgehead atoms. The molecule has 8 nitrogen and oxygen atoms in total. The highest BCUT2D eigenvalue weighted by Gasteiger charge is 2.51. The fraction of sp³-hybridized carbons (Fsp3) is 0.333. The van der Waals surface area contributed by atoms with Gasteiger partial charge in [0.05, 0.1) is 11.1 Å². The molecule has 1 amide bonds. The number of pyridine rings is 1. The molecule has 1 aliphatic rings. The minimum atomic E-state index is -5.08. The number of hydrogen-bond acceptors (Lipinski definition) is 6. The van der Waals surface area contributed by atoms with Crippen LogP contribution in [0.5, 0.6) is 5.75 Å². The van der Waals surface area contributed by atoms with Gasteiger partial charge in [0.25, 0.3) is 0 Å². The summed E-state index contributed by atoms with van der Waals surface area (Å²) in [6.45, 7) is 2.55. The molecule has 4 aromatic rings. The van der Waals surface area contributed by atoms with Gasteiger partial charge >= 0.3 is 12.1 Å². The SMILES string of the molecule is Cc1cc(COc2ccc(N(C(=O)C(F)(F)F)C3(Cc4n[nH]c(=S)[nH]4)CCOCC3)cc2)c2ccccc2n1. The Morgan fingerprint density at radius 1 is 1.15 bits per heavy atom. The fourth-order valence-corrected chi connectivity index (χ4v) is 5.19. The molecule has 12 heteroatoms. The van der Waals surface area contributed by atoms with Crippen molar-refractivity contribution in [3.05, 3.63) is 76.5 Å². The third-order valence-corrected chi connectivity index (χ3v) is 7.00. The van der Waals surface area contributed by atoms with E-state index in [9.17, 15) is 18.0 Å². The molecule has 2 aromatic heterocycles. The number of carbonyl (C=O) groups is 1. The van der Waals surface area contributed by atoms with E-state index >= 15 is 0 Å². The van der Waals surface area contributed by atoms with Gasteiger partial charge in [0.15, 0.2) is 4.77 Å². The van der Waals surface area contributed by atoms with Crippen LogP contribution in [-0.2, 0) is 22.6 Å². The summed E-state index contributed by atoms with van der Waals surface area (Å²) in [6.07, 6.45) is -4.67.